The summed E-state index contributed by atoms with van der Waals surface area (Å²) >= 11 is 0. The zero-order valence-corrected chi connectivity index (χ0v) is 7.01. The first-order valence-corrected chi connectivity index (χ1v) is 4.47. The number of rotatable bonds is 2. The predicted octanol–water partition coefficient (Wildman–Crippen LogP) is 2.47. The lowest BCUT2D eigenvalue weighted by atomic mass is 10.4. The third kappa shape index (κ3) is 2.33. The van der Waals surface area contributed by atoms with Crippen LogP contribution < -0.4 is 5.30 Å². The van der Waals surface area contributed by atoms with Crippen molar-refractivity contribution in [2.45, 2.75) is 13.3 Å². The lowest BCUT2D eigenvalue weighted by molar-refractivity contribution is 1.35. The number of hydrogen-bond donors (Lipinski definition) is 0. The Balaban J connectivity index is 2.67. The molecule has 0 radical (unpaired) electrons. The Bertz CT molecular complexity index is 201. The smallest absolute Gasteiger partial charge is 0.00146 e. The molecular weight excluding hydrogens is 139 g/mol. The molecule has 0 aliphatic heterocycles. The van der Waals surface area contributed by atoms with Crippen LogP contribution in [0.4, 0.5) is 0 Å². The standard InChI is InChI=1S/C9H11P/c1-2-8-10-9-6-4-3-5-7-9/h3-8H,2H2,1H3. The molecule has 0 heterocycles. The molecule has 0 fully saturated rings. The lowest BCUT2D eigenvalue weighted by Gasteiger charge is -1.87. The topological polar surface area (TPSA) is 0 Å². The highest BCUT2D eigenvalue weighted by atomic mass is 31.1. The Kier molecular flexibility index (Phi) is 3.18. The minimum absolute atomic E-state index is 1.15. The Morgan fingerprint density at radius 3 is 2.60 bits per heavy atom. The Morgan fingerprint density at radius 1 is 1.30 bits per heavy atom. The molecule has 0 bridgehead atoms. The van der Waals surface area contributed by atoms with Gasteiger partial charge in [0.2, 0.25) is 0 Å². The fraction of sp³-hybridized carbons (Fsp3) is 0.222. The van der Waals surface area contributed by atoms with Crippen LogP contribution in [0.3, 0.4) is 0 Å². The van der Waals surface area contributed by atoms with E-state index in [0.29, 0.717) is 0 Å². The van der Waals surface area contributed by atoms with Crippen LogP contribution >= 0.6 is 8.20 Å². The summed E-state index contributed by atoms with van der Waals surface area (Å²) in [6.45, 7) is 2.16. The second kappa shape index (κ2) is 4.24. The summed E-state index contributed by atoms with van der Waals surface area (Å²) in [5, 5.41) is 1.38. The number of benzene rings is 1. The van der Waals surface area contributed by atoms with Crippen molar-refractivity contribution in [3.8, 4) is 0 Å². The Hall–Kier alpha value is -0.610. The summed E-state index contributed by atoms with van der Waals surface area (Å²) in [6.07, 6.45) is 1.15. The largest absolute Gasteiger partial charge is 0.0729 e. The first kappa shape index (κ1) is 7.50. The Labute approximate surface area is 63.7 Å². The zero-order chi connectivity index (χ0) is 7.23. The van der Waals surface area contributed by atoms with E-state index in [-0.39, 0.29) is 0 Å². The molecule has 0 spiro atoms. The molecule has 52 valence electrons. The monoisotopic (exact) mass is 150 g/mol. The maximum Gasteiger partial charge on any atom is 0.00146 e. The minimum atomic E-state index is 1.15. The van der Waals surface area contributed by atoms with Crippen molar-refractivity contribution >= 4 is 19.3 Å². The van der Waals surface area contributed by atoms with E-state index >= 15 is 0 Å². The Morgan fingerprint density at radius 2 is 2.00 bits per heavy atom. The summed E-state index contributed by atoms with van der Waals surface area (Å²) in [7, 11) is 1.34. The van der Waals surface area contributed by atoms with Gasteiger partial charge in [0.1, 0.15) is 0 Å². The fourth-order valence-electron chi connectivity index (χ4n) is 0.711. The van der Waals surface area contributed by atoms with E-state index in [0.717, 1.165) is 6.42 Å². The summed E-state index contributed by atoms with van der Waals surface area (Å²) in [6, 6.07) is 10.5. The van der Waals surface area contributed by atoms with Gasteiger partial charge < -0.3 is 0 Å². The highest BCUT2D eigenvalue weighted by molar-refractivity contribution is 7.47. The van der Waals surface area contributed by atoms with Gasteiger partial charge >= 0.3 is 0 Å². The third-order valence-electron chi connectivity index (χ3n) is 1.18. The molecule has 0 aliphatic carbocycles. The van der Waals surface area contributed by atoms with Gasteiger partial charge in [0.25, 0.3) is 0 Å². The van der Waals surface area contributed by atoms with Crippen molar-refractivity contribution in [3.63, 3.8) is 0 Å². The van der Waals surface area contributed by atoms with Crippen LogP contribution in [-0.4, -0.2) is 5.80 Å². The van der Waals surface area contributed by atoms with Gasteiger partial charge in [0.15, 0.2) is 0 Å². The van der Waals surface area contributed by atoms with Gasteiger partial charge in [-0.15, -0.1) is 0 Å². The average Bonchev–Trinajstić information content (AvgIpc) is 2.03. The van der Waals surface area contributed by atoms with Crippen LogP contribution in [0.5, 0.6) is 0 Å². The molecule has 1 aromatic carbocycles. The molecule has 0 aliphatic rings. The quantitative estimate of drug-likeness (QED) is 0.568. The SMILES string of the molecule is CCC=Pc1ccccc1. The molecular formula is C9H11P. The summed E-state index contributed by atoms with van der Waals surface area (Å²) in [4.78, 5) is 0. The van der Waals surface area contributed by atoms with E-state index in [1.54, 1.807) is 0 Å². The van der Waals surface area contributed by atoms with Crippen LogP contribution in [0, 0.1) is 0 Å². The van der Waals surface area contributed by atoms with Crippen molar-refractivity contribution < 1.29 is 0 Å². The second-order valence-corrected chi connectivity index (χ2v) is 3.20. The molecule has 0 nitrogen and oxygen atoms in total. The maximum atomic E-state index is 2.26. The fourth-order valence-corrected chi connectivity index (χ4v) is 1.45. The van der Waals surface area contributed by atoms with Crippen molar-refractivity contribution in [2.24, 2.45) is 0 Å². The molecule has 0 amide bonds. The van der Waals surface area contributed by atoms with E-state index in [1.165, 1.54) is 13.5 Å². The molecule has 0 saturated heterocycles. The summed E-state index contributed by atoms with van der Waals surface area (Å²) in [5.41, 5.74) is 0. The van der Waals surface area contributed by atoms with Crippen molar-refractivity contribution in [3.05, 3.63) is 30.3 Å². The third-order valence-corrected chi connectivity index (χ3v) is 2.32. The number of hydrogen-bond acceptors (Lipinski definition) is 0. The molecule has 0 saturated carbocycles. The minimum Gasteiger partial charge on any atom is -0.0729 e. The van der Waals surface area contributed by atoms with Gasteiger partial charge in [0.05, 0.1) is 0 Å². The molecule has 0 atom stereocenters. The van der Waals surface area contributed by atoms with Gasteiger partial charge in [-0.05, 0) is 6.42 Å². The molecule has 0 unspecified atom stereocenters. The molecule has 10 heavy (non-hydrogen) atoms. The van der Waals surface area contributed by atoms with Crippen LogP contribution in [0.25, 0.3) is 0 Å². The van der Waals surface area contributed by atoms with Crippen molar-refractivity contribution in [2.75, 3.05) is 0 Å². The van der Waals surface area contributed by atoms with Gasteiger partial charge in [-0.25, -0.2) is 0 Å². The normalized spacial score (nSPS) is 10.5. The predicted molar refractivity (Wildman–Crippen MR) is 49.4 cm³/mol. The van der Waals surface area contributed by atoms with Crippen LogP contribution in [0.2, 0.25) is 0 Å². The van der Waals surface area contributed by atoms with Gasteiger partial charge in [-0.1, -0.05) is 51.3 Å². The van der Waals surface area contributed by atoms with E-state index in [9.17, 15) is 0 Å². The van der Waals surface area contributed by atoms with E-state index in [4.69, 9.17) is 0 Å². The van der Waals surface area contributed by atoms with Crippen molar-refractivity contribution in [1.82, 2.24) is 0 Å². The first-order valence-electron chi connectivity index (χ1n) is 3.51. The van der Waals surface area contributed by atoms with Crippen LogP contribution in [-0.2, 0) is 0 Å². The molecule has 1 rings (SSSR count). The van der Waals surface area contributed by atoms with Gasteiger partial charge in [0, 0.05) is 5.30 Å². The molecule has 1 aromatic rings. The van der Waals surface area contributed by atoms with E-state index < -0.39 is 0 Å². The highest BCUT2D eigenvalue weighted by Crippen LogP contribution is 1.96. The van der Waals surface area contributed by atoms with Gasteiger partial charge in [-0.3, -0.25) is 0 Å². The van der Waals surface area contributed by atoms with E-state index in [2.05, 4.69) is 37.0 Å². The molecule has 1 heteroatoms. The lowest BCUT2D eigenvalue weighted by Crippen LogP contribution is -1.87. The second-order valence-electron chi connectivity index (χ2n) is 2.06. The van der Waals surface area contributed by atoms with Crippen LogP contribution in [0.15, 0.2) is 30.3 Å². The molecule has 0 aromatic heterocycles. The first-order chi connectivity index (χ1) is 4.93. The van der Waals surface area contributed by atoms with Crippen LogP contribution in [0.1, 0.15) is 13.3 Å². The van der Waals surface area contributed by atoms with Crippen molar-refractivity contribution in [1.29, 1.82) is 0 Å². The summed E-state index contributed by atoms with van der Waals surface area (Å²) in [5.74, 6) is 2.26. The zero-order valence-electron chi connectivity index (χ0n) is 6.12. The maximum absolute atomic E-state index is 2.26. The molecule has 0 N–H and O–H groups in total. The van der Waals surface area contributed by atoms with E-state index in [1.807, 2.05) is 6.07 Å². The highest BCUT2D eigenvalue weighted by Gasteiger charge is 1.79. The average molecular weight is 150 g/mol. The van der Waals surface area contributed by atoms with Gasteiger partial charge in [-0.2, -0.15) is 0 Å². The summed E-state index contributed by atoms with van der Waals surface area (Å²) < 4.78 is 0.